The Bertz CT molecular complexity index is 681. The Morgan fingerprint density at radius 1 is 1.04 bits per heavy atom. The molecule has 0 saturated carbocycles. The van der Waals surface area contributed by atoms with Gasteiger partial charge in [-0.25, -0.2) is 0 Å². The minimum absolute atomic E-state index is 0.109. The van der Waals surface area contributed by atoms with Gasteiger partial charge < -0.3 is 15.4 Å². The third-order valence-electron chi connectivity index (χ3n) is 3.17. The summed E-state index contributed by atoms with van der Waals surface area (Å²) in [5.41, 5.74) is 2.76. The van der Waals surface area contributed by atoms with Crippen molar-refractivity contribution in [1.82, 2.24) is 5.32 Å². The summed E-state index contributed by atoms with van der Waals surface area (Å²) in [7, 11) is 0. The average molecular weight is 312 g/mol. The van der Waals surface area contributed by atoms with Crippen molar-refractivity contribution in [3.05, 3.63) is 59.7 Å². The number of ether oxygens (including phenoxy) is 1. The summed E-state index contributed by atoms with van der Waals surface area (Å²) in [6.07, 6.45) is 0. The van der Waals surface area contributed by atoms with E-state index in [2.05, 4.69) is 10.6 Å². The third kappa shape index (κ3) is 5.47. The van der Waals surface area contributed by atoms with Crippen LogP contribution in [0.3, 0.4) is 0 Å². The topological polar surface area (TPSA) is 67.4 Å². The molecule has 23 heavy (non-hydrogen) atoms. The van der Waals surface area contributed by atoms with E-state index >= 15 is 0 Å². The standard InChI is InChI=1S/C18H20N2O3/c1-13-7-9-15(10-8-13)11-19-18(22)12-23-17-6-4-3-5-16(17)20-14(2)21/h3-10H,11-12H2,1-2H3,(H,19,22)(H,20,21). The minimum Gasteiger partial charge on any atom is -0.482 e. The summed E-state index contributed by atoms with van der Waals surface area (Å²) in [6, 6.07) is 15.0. The van der Waals surface area contributed by atoms with Gasteiger partial charge in [0, 0.05) is 13.5 Å². The number of hydrogen-bond acceptors (Lipinski definition) is 3. The number of benzene rings is 2. The van der Waals surface area contributed by atoms with Crippen LogP contribution in [0.4, 0.5) is 5.69 Å². The molecular formula is C18H20N2O3. The molecule has 2 N–H and O–H groups in total. The van der Waals surface area contributed by atoms with Crippen molar-refractivity contribution < 1.29 is 14.3 Å². The van der Waals surface area contributed by atoms with Crippen LogP contribution in [0.1, 0.15) is 18.1 Å². The number of para-hydroxylation sites is 2. The van der Waals surface area contributed by atoms with Crippen LogP contribution >= 0.6 is 0 Å². The van der Waals surface area contributed by atoms with E-state index in [9.17, 15) is 9.59 Å². The molecule has 0 aromatic heterocycles. The van der Waals surface area contributed by atoms with Gasteiger partial charge in [-0.05, 0) is 24.6 Å². The van der Waals surface area contributed by atoms with E-state index in [1.165, 1.54) is 12.5 Å². The molecule has 0 aliphatic carbocycles. The van der Waals surface area contributed by atoms with Gasteiger partial charge in [0.1, 0.15) is 5.75 Å². The largest absolute Gasteiger partial charge is 0.482 e. The number of amides is 2. The average Bonchev–Trinajstić information content (AvgIpc) is 2.53. The van der Waals surface area contributed by atoms with Gasteiger partial charge in [-0.15, -0.1) is 0 Å². The SMILES string of the molecule is CC(=O)Nc1ccccc1OCC(=O)NCc1ccc(C)cc1. The third-order valence-corrected chi connectivity index (χ3v) is 3.17. The Kier molecular flexibility index (Phi) is 5.74. The second-order valence-electron chi connectivity index (χ2n) is 5.23. The van der Waals surface area contributed by atoms with Crippen LogP contribution in [-0.4, -0.2) is 18.4 Å². The molecule has 2 aromatic rings. The highest BCUT2D eigenvalue weighted by Gasteiger charge is 2.07. The molecule has 0 spiro atoms. The van der Waals surface area contributed by atoms with Crippen LogP contribution in [0.15, 0.2) is 48.5 Å². The second kappa shape index (κ2) is 7.98. The number of aryl methyl sites for hydroxylation is 1. The number of carbonyl (C=O) groups excluding carboxylic acids is 2. The first-order valence-electron chi connectivity index (χ1n) is 7.36. The molecular weight excluding hydrogens is 292 g/mol. The van der Waals surface area contributed by atoms with Crippen LogP contribution in [-0.2, 0) is 16.1 Å². The number of anilines is 1. The highest BCUT2D eigenvalue weighted by atomic mass is 16.5. The summed E-state index contributed by atoms with van der Waals surface area (Å²) < 4.78 is 5.48. The Morgan fingerprint density at radius 2 is 1.74 bits per heavy atom. The van der Waals surface area contributed by atoms with Crippen molar-refractivity contribution in [1.29, 1.82) is 0 Å². The van der Waals surface area contributed by atoms with Gasteiger partial charge in [-0.2, -0.15) is 0 Å². The lowest BCUT2D eigenvalue weighted by Gasteiger charge is -2.11. The highest BCUT2D eigenvalue weighted by molar-refractivity contribution is 5.90. The van der Waals surface area contributed by atoms with Gasteiger partial charge in [0.25, 0.3) is 5.91 Å². The summed E-state index contributed by atoms with van der Waals surface area (Å²) in [5.74, 6) is 0.0567. The van der Waals surface area contributed by atoms with Crippen molar-refractivity contribution in [2.45, 2.75) is 20.4 Å². The van der Waals surface area contributed by atoms with Gasteiger partial charge in [0.15, 0.2) is 6.61 Å². The number of nitrogens with one attached hydrogen (secondary N) is 2. The van der Waals surface area contributed by atoms with E-state index in [0.717, 1.165) is 5.56 Å². The van der Waals surface area contributed by atoms with E-state index in [1.54, 1.807) is 24.3 Å². The van der Waals surface area contributed by atoms with Gasteiger partial charge in [-0.1, -0.05) is 42.0 Å². The maximum absolute atomic E-state index is 11.9. The molecule has 0 bridgehead atoms. The Labute approximate surface area is 135 Å². The van der Waals surface area contributed by atoms with Gasteiger partial charge in [0.2, 0.25) is 5.91 Å². The molecule has 2 amide bonds. The number of hydrogen-bond donors (Lipinski definition) is 2. The second-order valence-corrected chi connectivity index (χ2v) is 5.23. The predicted molar refractivity (Wildman–Crippen MR) is 89.3 cm³/mol. The van der Waals surface area contributed by atoms with Crippen LogP contribution < -0.4 is 15.4 Å². The molecule has 0 radical (unpaired) electrons. The molecule has 0 heterocycles. The maximum atomic E-state index is 11.9. The first kappa shape index (κ1) is 16.5. The van der Waals surface area contributed by atoms with Crippen molar-refractivity contribution in [3.63, 3.8) is 0 Å². The first-order chi connectivity index (χ1) is 11.0. The molecule has 5 nitrogen and oxygen atoms in total. The highest BCUT2D eigenvalue weighted by Crippen LogP contribution is 2.23. The van der Waals surface area contributed by atoms with Crippen molar-refractivity contribution in [2.24, 2.45) is 0 Å². The van der Waals surface area contributed by atoms with Gasteiger partial charge in [0.05, 0.1) is 5.69 Å². The zero-order chi connectivity index (χ0) is 16.7. The Hall–Kier alpha value is -2.82. The lowest BCUT2D eigenvalue weighted by molar-refractivity contribution is -0.123. The van der Waals surface area contributed by atoms with Crippen molar-refractivity contribution >= 4 is 17.5 Å². The normalized spacial score (nSPS) is 10.0. The lowest BCUT2D eigenvalue weighted by Crippen LogP contribution is -2.28. The van der Waals surface area contributed by atoms with Crippen molar-refractivity contribution in [2.75, 3.05) is 11.9 Å². The quantitative estimate of drug-likeness (QED) is 0.861. The smallest absolute Gasteiger partial charge is 0.258 e. The van der Waals surface area contributed by atoms with Crippen LogP contribution in [0.2, 0.25) is 0 Å². The zero-order valence-corrected chi connectivity index (χ0v) is 13.3. The summed E-state index contributed by atoms with van der Waals surface area (Å²) in [6.45, 7) is 3.78. The predicted octanol–water partition coefficient (Wildman–Crippen LogP) is 2.65. The van der Waals surface area contributed by atoms with Crippen LogP contribution in [0.5, 0.6) is 5.75 Å². The molecule has 5 heteroatoms. The van der Waals surface area contributed by atoms with E-state index in [-0.39, 0.29) is 18.4 Å². The fourth-order valence-corrected chi connectivity index (χ4v) is 1.99. The number of carbonyl (C=O) groups is 2. The van der Waals surface area contributed by atoms with Gasteiger partial charge >= 0.3 is 0 Å². The zero-order valence-electron chi connectivity index (χ0n) is 13.3. The Balaban J connectivity index is 1.84. The molecule has 0 aliphatic rings. The van der Waals surface area contributed by atoms with E-state index in [4.69, 9.17) is 4.74 Å². The number of rotatable bonds is 6. The van der Waals surface area contributed by atoms with E-state index < -0.39 is 0 Å². The van der Waals surface area contributed by atoms with Crippen molar-refractivity contribution in [3.8, 4) is 5.75 Å². The molecule has 2 aromatic carbocycles. The maximum Gasteiger partial charge on any atom is 0.258 e. The summed E-state index contributed by atoms with van der Waals surface area (Å²) in [5, 5.41) is 5.46. The van der Waals surface area contributed by atoms with Crippen LogP contribution in [0.25, 0.3) is 0 Å². The molecule has 0 unspecified atom stereocenters. The van der Waals surface area contributed by atoms with Crippen LogP contribution in [0, 0.1) is 6.92 Å². The van der Waals surface area contributed by atoms with E-state index in [1.807, 2.05) is 31.2 Å². The molecule has 0 aliphatic heterocycles. The molecule has 2 rings (SSSR count). The van der Waals surface area contributed by atoms with E-state index in [0.29, 0.717) is 18.0 Å². The molecule has 120 valence electrons. The molecule has 0 fully saturated rings. The summed E-state index contributed by atoms with van der Waals surface area (Å²) in [4.78, 5) is 23.0. The lowest BCUT2D eigenvalue weighted by atomic mass is 10.1. The molecule has 0 saturated heterocycles. The Morgan fingerprint density at radius 3 is 2.43 bits per heavy atom. The van der Waals surface area contributed by atoms with Gasteiger partial charge in [-0.3, -0.25) is 9.59 Å². The fourth-order valence-electron chi connectivity index (χ4n) is 1.99. The first-order valence-corrected chi connectivity index (χ1v) is 7.36. The monoisotopic (exact) mass is 312 g/mol. The molecule has 0 atom stereocenters. The minimum atomic E-state index is -0.219. The summed E-state index contributed by atoms with van der Waals surface area (Å²) >= 11 is 0. The fraction of sp³-hybridized carbons (Fsp3) is 0.222.